The maximum atomic E-state index is 12.1. The van der Waals surface area contributed by atoms with Gasteiger partial charge in [-0.3, -0.25) is 9.59 Å². The summed E-state index contributed by atoms with van der Waals surface area (Å²) in [5.41, 5.74) is 3.44. The predicted octanol–water partition coefficient (Wildman–Crippen LogP) is 3.51. The fourth-order valence-corrected chi connectivity index (χ4v) is 2.84. The zero-order valence-corrected chi connectivity index (χ0v) is 16.2. The lowest BCUT2D eigenvalue weighted by atomic mass is 10.1. The average Bonchev–Trinajstić information content (AvgIpc) is 3.14. The molecule has 7 nitrogen and oxygen atoms in total. The third kappa shape index (κ3) is 5.01. The maximum Gasteiger partial charge on any atom is 0.337 e. The summed E-state index contributed by atoms with van der Waals surface area (Å²) in [5.74, 6) is -1.47. The Morgan fingerprint density at radius 2 is 1.83 bits per heavy atom. The highest BCUT2D eigenvalue weighted by Gasteiger charge is 2.14. The van der Waals surface area contributed by atoms with Gasteiger partial charge in [0, 0.05) is 16.6 Å². The second kappa shape index (κ2) is 9.05. The Morgan fingerprint density at radius 1 is 1.07 bits per heavy atom. The molecule has 7 heteroatoms. The molecule has 1 amide bonds. The third-order valence-corrected chi connectivity index (χ3v) is 4.42. The first-order valence-electron chi connectivity index (χ1n) is 9.13. The van der Waals surface area contributed by atoms with Crippen LogP contribution < -0.4 is 5.32 Å². The molecule has 0 atom stereocenters. The van der Waals surface area contributed by atoms with Gasteiger partial charge in [-0.1, -0.05) is 19.1 Å². The molecule has 0 saturated heterocycles. The van der Waals surface area contributed by atoms with Crippen molar-refractivity contribution in [3.63, 3.8) is 0 Å². The monoisotopic (exact) mass is 395 g/mol. The minimum Gasteiger partial charge on any atom is -0.465 e. The number of rotatable bonds is 7. The molecule has 0 spiro atoms. The summed E-state index contributed by atoms with van der Waals surface area (Å²) in [6.45, 7) is 1.65. The second-order valence-corrected chi connectivity index (χ2v) is 6.40. The van der Waals surface area contributed by atoms with E-state index in [0.717, 1.165) is 23.0 Å². The van der Waals surface area contributed by atoms with E-state index in [2.05, 4.69) is 17.0 Å². The molecule has 3 rings (SSSR count). The Kier molecular flexibility index (Phi) is 6.29. The van der Waals surface area contributed by atoms with Crippen LogP contribution >= 0.6 is 0 Å². The molecule has 0 aliphatic carbocycles. The summed E-state index contributed by atoms with van der Waals surface area (Å²) in [6, 6.07) is 12.0. The number of esters is 2. The van der Waals surface area contributed by atoms with Crippen LogP contribution in [0.2, 0.25) is 0 Å². The molecule has 0 radical (unpaired) electrons. The van der Waals surface area contributed by atoms with E-state index in [1.807, 2.05) is 18.2 Å². The van der Waals surface area contributed by atoms with Crippen molar-refractivity contribution in [3.05, 3.63) is 65.4 Å². The average molecular weight is 395 g/mol. The SMILES string of the molecule is CCc1ccc2c(CC(=O)OCC(=O)Nc3ccc(C(=O)OC)cc3)coc2c1. The number of anilines is 1. The number of aryl methyl sites for hydroxylation is 1. The minimum atomic E-state index is -0.525. The minimum absolute atomic E-state index is 0.0135. The Morgan fingerprint density at radius 3 is 2.52 bits per heavy atom. The second-order valence-electron chi connectivity index (χ2n) is 6.40. The maximum absolute atomic E-state index is 12.1. The molecule has 1 N–H and O–H groups in total. The van der Waals surface area contributed by atoms with E-state index in [4.69, 9.17) is 9.15 Å². The summed E-state index contributed by atoms with van der Waals surface area (Å²) < 4.78 is 15.2. The van der Waals surface area contributed by atoms with Crippen molar-refractivity contribution in [2.75, 3.05) is 19.0 Å². The van der Waals surface area contributed by atoms with Crippen LogP contribution in [0.15, 0.2) is 53.1 Å². The van der Waals surface area contributed by atoms with Crippen LogP contribution in [-0.4, -0.2) is 31.6 Å². The molecule has 1 heterocycles. The van der Waals surface area contributed by atoms with Gasteiger partial charge >= 0.3 is 11.9 Å². The normalized spacial score (nSPS) is 10.6. The predicted molar refractivity (Wildman–Crippen MR) is 107 cm³/mol. The summed E-state index contributed by atoms with van der Waals surface area (Å²) >= 11 is 0. The molecule has 0 saturated carbocycles. The third-order valence-electron chi connectivity index (χ3n) is 4.42. The smallest absolute Gasteiger partial charge is 0.337 e. The van der Waals surface area contributed by atoms with Gasteiger partial charge < -0.3 is 19.2 Å². The molecular weight excluding hydrogens is 374 g/mol. The number of carbonyl (C=O) groups is 3. The molecule has 150 valence electrons. The number of benzene rings is 2. The molecule has 29 heavy (non-hydrogen) atoms. The van der Waals surface area contributed by atoms with Gasteiger partial charge in [-0.25, -0.2) is 4.79 Å². The van der Waals surface area contributed by atoms with Gasteiger partial charge in [-0.2, -0.15) is 0 Å². The number of nitrogens with one attached hydrogen (secondary N) is 1. The van der Waals surface area contributed by atoms with Crippen LogP contribution in [0.3, 0.4) is 0 Å². The Balaban J connectivity index is 1.51. The zero-order chi connectivity index (χ0) is 20.8. The van der Waals surface area contributed by atoms with E-state index in [1.54, 1.807) is 12.1 Å². The van der Waals surface area contributed by atoms with Gasteiger partial charge in [0.2, 0.25) is 0 Å². The summed E-state index contributed by atoms with van der Waals surface area (Å²) in [4.78, 5) is 35.5. The first kappa shape index (κ1) is 20.1. The number of methoxy groups -OCH3 is 1. The molecule has 1 aromatic heterocycles. The highest BCUT2D eigenvalue weighted by Crippen LogP contribution is 2.23. The Bertz CT molecular complexity index is 1040. The van der Waals surface area contributed by atoms with E-state index in [9.17, 15) is 14.4 Å². The molecule has 0 aliphatic rings. The fraction of sp³-hybridized carbons (Fsp3) is 0.227. The standard InChI is InChI=1S/C22H21NO6/c1-3-14-4-9-18-16(12-28-19(18)10-14)11-21(25)29-13-20(24)23-17-7-5-15(6-8-17)22(26)27-2/h4-10,12H,3,11,13H2,1-2H3,(H,23,24). The van der Waals surface area contributed by atoms with Gasteiger partial charge in [0.1, 0.15) is 5.58 Å². The molecule has 0 aliphatic heterocycles. The summed E-state index contributed by atoms with van der Waals surface area (Å²) in [5, 5.41) is 3.45. The molecule has 0 unspecified atom stereocenters. The van der Waals surface area contributed by atoms with Crippen LogP contribution in [0.1, 0.15) is 28.4 Å². The number of fused-ring (bicyclic) bond motifs is 1. The summed E-state index contributed by atoms with van der Waals surface area (Å²) in [7, 11) is 1.29. The molecule has 0 bridgehead atoms. The Labute approximate surface area is 167 Å². The van der Waals surface area contributed by atoms with Crippen molar-refractivity contribution < 1.29 is 28.3 Å². The highest BCUT2D eigenvalue weighted by molar-refractivity contribution is 5.94. The van der Waals surface area contributed by atoms with E-state index < -0.39 is 24.5 Å². The van der Waals surface area contributed by atoms with Gasteiger partial charge in [-0.05, 0) is 42.3 Å². The summed E-state index contributed by atoms with van der Waals surface area (Å²) in [6.07, 6.45) is 2.45. The number of amides is 1. The van der Waals surface area contributed by atoms with Gasteiger partial charge in [0.15, 0.2) is 6.61 Å². The molecule has 2 aromatic carbocycles. The van der Waals surface area contributed by atoms with Gasteiger partial charge in [0.25, 0.3) is 5.91 Å². The van der Waals surface area contributed by atoms with Crippen LogP contribution in [0, 0.1) is 0 Å². The van der Waals surface area contributed by atoms with Crippen LogP contribution in [0.5, 0.6) is 0 Å². The van der Waals surface area contributed by atoms with E-state index >= 15 is 0 Å². The number of carbonyl (C=O) groups excluding carboxylic acids is 3. The van der Waals surface area contributed by atoms with Crippen molar-refractivity contribution in [3.8, 4) is 0 Å². The van der Waals surface area contributed by atoms with E-state index in [1.165, 1.54) is 25.5 Å². The van der Waals surface area contributed by atoms with Crippen molar-refractivity contribution in [2.24, 2.45) is 0 Å². The quantitative estimate of drug-likeness (QED) is 0.615. The van der Waals surface area contributed by atoms with Gasteiger partial charge in [-0.15, -0.1) is 0 Å². The van der Waals surface area contributed by atoms with Crippen LogP contribution in [0.25, 0.3) is 11.0 Å². The number of furan rings is 1. The first-order chi connectivity index (χ1) is 14.0. The number of hydrogen-bond donors (Lipinski definition) is 1. The highest BCUT2D eigenvalue weighted by atomic mass is 16.5. The van der Waals surface area contributed by atoms with Crippen molar-refractivity contribution in [1.29, 1.82) is 0 Å². The van der Waals surface area contributed by atoms with Gasteiger partial charge in [0.05, 0.1) is 25.4 Å². The van der Waals surface area contributed by atoms with E-state index in [0.29, 0.717) is 16.8 Å². The van der Waals surface area contributed by atoms with Crippen molar-refractivity contribution in [2.45, 2.75) is 19.8 Å². The molecule has 3 aromatic rings. The number of ether oxygens (including phenoxy) is 2. The molecular formula is C22H21NO6. The van der Waals surface area contributed by atoms with Crippen molar-refractivity contribution >= 4 is 34.5 Å². The first-order valence-corrected chi connectivity index (χ1v) is 9.13. The van der Waals surface area contributed by atoms with Crippen LogP contribution in [0.4, 0.5) is 5.69 Å². The largest absolute Gasteiger partial charge is 0.465 e. The lowest BCUT2D eigenvalue weighted by molar-refractivity contribution is -0.146. The topological polar surface area (TPSA) is 94.8 Å². The molecule has 0 fully saturated rings. The fourth-order valence-electron chi connectivity index (χ4n) is 2.84. The number of hydrogen-bond acceptors (Lipinski definition) is 6. The van der Waals surface area contributed by atoms with Crippen molar-refractivity contribution in [1.82, 2.24) is 0 Å². The zero-order valence-electron chi connectivity index (χ0n) is 16.2. The Hall–Kier alpha value is -3.61. The lowest BCUT2D eigenvalue weighted by Crippen LogP contribution is -2.21. The lowest BCUT2D eigenvalue weighted by Gasteiger charge is -2.07. The van der Waals surface area contributed by atoms with Crippen LogP contribution in [-0.2, 0) is 31.9 Å². The van der Waals surface area contributed by atoms with E-state index in [-0.39, 0.29) is 6.42 Å².